The fraction of sp³-hybridized carbons (Fsp3) is 0.522. The van der Waals surface area contributed by atoms with Crippen molar-refractivity contribution in [2.45, 2.75) is 64.6 Å². The molecule has 2 heterocycles. The van der Waals surface area contributed by atoms with Crippen LogP contribution in [-0.4, -0.2) is 27.9 Å². The van der Waals surface area contributed by atoms with Crippen molar-refractivity contribution >= 4 is 47.2 Å². The number of anilines is 1. The zero-order valence-electron chi connectivity index (χ0n) is 18.9. The lowest BCUT2D eigenvalue weighted by Crippen LogP contribution is -2.50. The fourth-order valence-electron chi connectivity index (χ4n) is 4.92. The first-order chi connectivity index (χ1) is 14.1. The third-order valence-corrected chi connectivity index (χ3v) is 13.9. The first-order valence-corrected chi connectivity index (χ1v) is 14.3. The van der Waals surface area contributed by atoms with Gasteiger partial charge >= 0.3 is 0 Å². The minimum absolute atomic E-state index is 0.0536. The van der Waals surface area contributed by atoms with E-state index < -0.39 is 8.32 Å². The fourth-order valence-corrected chi connectivity index (χ4v) is 11.8. The average Bonchev–Trinajstić information content (AvgIpc) is 3.07. The van der Waals surface area contributed by atoms with Crippen LogP contribution in [0.15, 0.2) is 28.1 Å². The van der Waals surface area contributed by atoms with Gasteiger partial charge in [0.15, 0.2) is 5.75 Å². The van der Waals surface area contributed by atoms with Gasteiger partial charge in [-0.3, -0.25) is 4.79 Å². The summed E-state index contributed by atoms with van der Waals surface area (Å²) in [5, 5.41) is 0. The predicted octanol–water partition coefficient (Wildman–Crippen LogP) is 7.28. The Labute approximate surface area is 193 Å². The zero-order valence-corrected chi connectivity index (χ0v) is 22.3. The highest BCUT2D eigenvalue weighted by molar-refractivity contribution is 9.11. The Bertz CT molecular complexity index is 903. The van der Waals surface area contributed by atoms with Gasteiger partial charge in [0.2, 0.25) is 0 Å². The highest BCUT2D eigenvalue weighted by atomic mass is 79.9. The quantitative estimate of drug-likeness (QED) is 0.368. The van der Waals surface area contributed by atoms with Gasteiger partial charge in [-0.1, -0.05) is 41.5 Å². The molecule has 30 heavy (non-hydrogen) atoms. The van der Waals surface area contributed by atoms with Crippen molar-refractivity contribution in [3.63, 3.8) is 0 Å². The number of hydrogen-bond donors (Lipinski definition) is 0. The predicted molar refractivity (Wildman–Crippen MR) is 132 cm³/mol. The largest absolute Gasteiger partial charge is 0.540 e. The van der Waals surface area contributed by atoms with Gasteiger partial charge in [0.25, 0.3) is 14.2 Å². The van der Waals surface area contributed by atoms with Gasteiger partial charge < -0.3 is 14.1 Å². The van der Waals surface area contributed by atoms with Crippen molar-refractivity contribution in [3.05, 3.63) is 38.5 Å². The van der Waals surface area contributed by atoms with E-state index in [0.29, 0.717) is 28.9 Å². The second-order valence-corrected chi connectivity index (χ2v) is 16.7. The molecule has 0 saturated carbocycles. The molecule has 1 amide bonds. The van der Waals surface area contributed by atoms with E-state index in [2.05, 4.69) is 63.5 Å². The van der Waals surface area contributed by atoms with Crippen molar-refractivity contribution in [2.24, 2.45) is 0 Å². The lowest BCUT2D eigenvalue weighted by atomic mass is 10.1. The Morgan fingerprint density at radius 2 is 1.67 bits per heavy atom. The van der Waals surface area contributed by atoms with Crippen LogP contribution < -0.4 is 14.1 Å². The van der Waals surface area contributed by atoms with E-state index in [9.17, 15) is 4.79 Å². The van der Waals surface area contributed by atoms with Crippen molar-refractivity contribution in [3.8, 4) is 11.5 Å². The molecule has 0 fully saturated rings. The van der Waals surface area contributed by atoms with Gasteiger partial charge in [0.1, 0.15) is 5.75 Å². The first kappa shape index (κ1) is 23.4. The number of fused-ring (bicyclic) bond motifs is 1. The highest BCUT2D eigenvalue weighted by Crippen LogP contribution is 2.45. The molecule has 0 saturated heterocycles. The van der Waals surface area contributed by atoms with Gasteiger partial charge in [-0.15, -0.1) is 11.3 Å². The number of amides is 1. The molecule has 3 rings (SSSR count). The van der Waals surface area contributed by atoms with Crippen molar-refractivity contribution < 1.29 is 14.0 Å². The summed E-state index contributed by atoms with van der Waals surface area (Å²) in [7, 11) is -0.427. The second-order valence-electron chi connectivity index (χ2n) is 8.87. The first-order valence-electron chi connectivity index (χ1n) is 10.6. The van der Waals surface area contributed by atoms with E-state index in [-0.39, 0.29) is 5.91 Å². The highest BCUT2D eigenvalue weighted by Gasteiger charge is 2.47. The molecule has 7 heteroatoms. The van der Waals surface area contributed by atoms with Crippen LogP contribution in [0.25, 0.3) is 0 Å². The third-order valence-electron chi connectivity index (χ3n) is 6.28. The van der Waals surface area contributed by atoms with Crippen LogP contribution in [0.4, 0.5) is 5.69 Å². The van der Waals surface area contributed by atoms with Gasteiger partial charge in [-0.2, -0.15) is 0 Å². The number of methoxy groups -OCH3 is 1. The molecule has 1 aromatic heterocycles. The summed E-state index contributed by atoms with van der Waals surface area (Å²) >= 11 is 5.01. The molecule has 1 aliphatic heterocycles. The normalized spacial score (nSPS) is 14.6. The second kappa shape index (κ2) is 9.05. The zero-order chi connectivity index (χ0) is 22.2. The van der Waals surface area contributed by atoms with E-state index in [0.717, 1.165) is 32.1 Å². The van der Waals surface area contributed by atoms with Gasteiger partial charge in [-0.25, -0.2) is 0 Å². The molecule has 0 radical (unpaired) electrons. The van der Waals surface area contributed by atoms with Crippen LogP contribution in [0.2, 0.25) is 16.6 Å². The third kappa shape index (κ3) is 4.08. The van der Waals surface area contributed by atoms with E-state index >= 15 is 0 Å². The van der Waals surface area contributed by atoms with E-state index in [4.69, 9.17) is 9.16 Å². The topological polar surface area (TPSA) is 38.8 Å². The molecule has 0 bridgehead atoms. The molecule has 4 nitrogen and oxygen atoms in total. The van der Waals surface area contributed by atoms with Gasteiger partial charge in [0.05, 0.1) is 15.8 Å². The standard InChI is InChI=1S/C23H32BrNO3SSi/c1-14(2)30(15(3)4,16(5)6)28-19-9-8-18(13-20(19)27-7)25-11-10-17-12-21(24)29-22(17)23(25)26/h8-9,12-16H,10-11H2,1-7H3. The molecule has 0 atom stereocenters. The van der Waals surface area contributed by atoms with Crippen LogP contribution >= 0.6 is 27.3 Å². The minimum Gasteiger partial charge on any atom is -0.540 e. The van der Waals surface area contributed by atoms with E-state index in [1.807, 2.05) is 23.1 Å². The summed E-state index contributed by atoms with van der Waals surface area (Å²) in [5.41, 5.74) is 3.40. The van der Waals surface area contributed by atoms with Crippen LogP contribution in [0.3, 0.4) is 0 Å². The number of carbonyl (C=O) groups is 1. The Kier molecular flexibility index (Phi) is 7.04. The SMILES string of the molecule is COc1cc(N2CCc3cc(Br)sc3C2=O)ccc1O[Si](C(C)C)(C(C)C)C(C)C. The number of ether oxygens (including phenoxy) is 1. The number of hydrogen-bond acceptors (Lipinski definition) is 4. The van der Waals surface area contributed by atoms with Crippen LogP contribution in [0.1, 0.15) is 56.8 Å². The van der Waals surface area contributed by atoms with Gasteiger partial charge in [0, 0.05) is 18.3 Å². The molecule has 1 aliphatic rings. The number of rotatable bonds is 7. The summed E-state index contributed by atoms with van der Waals surface area (Å²) in [5.74, 6) is 1.53. The maximum atomic E-state index is 13.1. The molecule has 0 aliphatic carbocycles. The number of thiophene rings is 1. The number of halogens is 1. The van der Waals surface area contributed by atoms with Crippen LogP contribution in [0, 0.1) is 0 Å². The average molecular weight is 511 g/mol. The van der Waals surface area contributed by atoms with E-state index in [1.165, 1.54) is 11.3 Å². The number of carbonyl (C=O) groups excluding carboxylic acids is 1. The maximum Gasteiger partial charge on any atom is 0.268 e. The maximum absolute atomic E-state index is 13.1. The molecule has 2 aromatic rings. The number of nitrogens with zero attached hydrogens (tertiary/aromatic N) is 1. The lowest BCUT2D eigenvalue weighted by molar-refractivity contribution is 0.0985. The van der Waals surface area contributed by atoms with Crippen molar-refractivity contribution in [2.75, 3.05) is 18.6 Å². The van der Waals surface area contributed by atoms with Crippen molar-refractivity contribution in [1.82, 2.24) is 0 Å². The van der Waals surface area contributed by atoms with E-state index in [1.54, 1.807) is 7.11 Å². The molecule has 0 spiro atoms. The number of benzene rings is 1. The summed E-state index contributed by atoms with van der Waals surface area (Å²) in [6.07, 6.45) is 0.855. The molecule has 1 aromatic carbocycles. The summed E-state index contributed by atoms with van der Waals surface area (Å²) < 4.78 is 13.6. The molecule has 0 unspecified atom stereocenters. The summed E-state index contributed by atoms with van der Waals surface area (Å²) in [4.78, 5) is 15.7. The van der Waals surface area contributed by atoms with Crippen LogP contribution in [-0.2, 0) is 6.42 Å². The lowest BCUT2D eigenvalue weighted by Gasteiger charge is -2.42. The Balaban J connectivity index is 1.95. The Morgan fingerprint density at radius 3 is 2.23 bits per heavy atom. The Morgan fingerprint density at radius 1 is 1.03 bits per heavy atom. The summed E-state index contributed by atoms with van der Waals surface area (Å²) in [6, 6.07) is 7.97. The summed E-state index contributed by atoms with van der Waals surface area (Å²) in [6.45, 7) is 14.3. The van der Waals surface area contributed by atoms with Gasteiger partial charge in [-0.05, 0) is 62.7 Å². The van der Waals surface area contributed by atoms with Crippen LogP contribution in [0.5, 0.6) is 11.5 Å². The smallest absolute Gasteiger partial charge is 0.268 e. The minimum atomic E-state index is -2.10. The van der Waals surface area contributed by atoms with Crippen molar-refractivity contribution in [1.29, 1.82) is 0 Å². The molecule has 164 valence electrons. The Hall–Kier alpha value is -1.31. The molecular weight excluding hydrogens is 478 g/mol. The molecule has 0 N–H and O–H groups in total. The molecular formula is C23H32BrNO3SSi. The monoisotopic (exact) mass is 509 g/mol.